The van der Waals surface area contributed by atoms with Gasteiger partial charge in [-0.05, 0) is 4.57 Å². The van der Waals surface area contributed by atoms with Gasteiger partial charge in [-0.2, -0.15) is 0 Å². The fourth-order valence-electron chi connectivity index (χ4n) is 0.0149. The Morgan fingerprint density at radius 2 is 1.50 bits per heavy atom. The quantitative estimate of drug-likeness (QED) is 0.553. The van der Waals surface area contributed by atoms with Gasteiger partial charge in [-0.25, -0.2) is 9.13 Å². The molecule has 0 rings (SSSR count). The number of rotatable bonds is 2. The molecule has 3 nitrogen and oxygen atoms in total. The lowest BCUT2D eigenvalue weighted by Crippen LogP contribution is -1.07. The van der Waals surface area contributed by atoms with Gasteiger partial charge in [0.1, 0.15) is 0 Å². The van der Waals surface area contributed by atoms with Gasteiger partial charge in [0.2, 0.25) is 0 Å². The Bertz CT molecular complexity index is 74.0. The highest BCUT2D eigenvalue weighted by molar-refractivity contribution is 8.40. The number of hydrogen-bond donors (Lipinski definition) is 0. The lowest BCUT2D eigenvalue weighted by Gasteiger charge is -1.33. The average Bonchev–Trinajstić information content (AvgIpc) is 1.65. The van der Waals surface area contributed by atoms with Crippen molar-refractivity contribution < 1.29 is 13.7 Å². The van der Waals surface area contributed by atoms with E-state index < -0.39 is 23.5 Å². The van der Waals surface area contributed by atoms with Crippen molar-refractivity contribution in [3.05, 3.63) is 0 Å². The van der Waals surface area contributed by atoms with Gasteiger partial charge in [0, 0.05) is 0 Å². The summed E-state index contributed by atoms with van der Waals surface area (Å²) in [5.41, 5.74) is 0. The maximum absolute atomic E-state index is 9.68. The molecule has 0 aliphatic rings. The molecule has 0 aliphatic heterocycles. The van der Waals surface area contributed by atoms with Crippen molar-refractivity contribution in [3.8, 4) is 0 Å². The third-order valence-electron chi connectivity index (χ3n) is 0.140. The smallest absolute Gasteiger partial charge is 0.213 e. The first-order valence-corrected chi connectivity index (χ1v) is 5.24. The van der Waals surface area contributed by atoms with Crippen LogP contribution in [0.5, 0.6) is 0 Å². The SMILES string of the molecule is O=P[P+](=O)P=O. The van der Waals surface area contributed by atoms with Crippen molar-refractivity contribution in [2.45, 2.75) is 0 Å². The Labute approximate surface area is 38.1 Å². The van der Waals surface area contributed by atoms with E-state index in [1.54, 1.807) is 0 Å². The highest BCUT2D eigenvalue weighted by Gasteiger charge is 2.14. The highest BCUT2D eigenvalue weighted by Crippen LogP contribution is 2.47. The molecule has 0 aromatic carbocycles. The van der Waals surface area contributed by atoms with Gasteiger partial charge in [0.25, 0.3) is 0 Å². The zero-order valence-electron chi connectivity index (χ0n) is 2.57. The molecule has 0 spiro atoms. The Morgan fingerprint density at radius 3 is 1.50 bits per heavy atom. The monoisotopic (exact) mass is 141 g/mol. The van der Waals surface area contributed by atoms with Crippen LogP contribution in [0.1, 0.15) is 0 Å². The molecular formula is O3P3+. The van der Waals surface area contributed by atoms with E-state index in [0.717, 1.165) is 0 Å². The normalized spacial score (nSPS) is 12.3. The number of hydrogen-bond acceptors (Lipinski definition) is 3. The van der Waals surface area contributed by atoms with Crippen molar-refractivity contribution in [1.82, 2.24) is 0 Å². The van der Waals surface area contributed by atoms with Crippen molar-refractivity contribution in [1.29, 1.82) is 0 Å². The fourth-order valence-corrected chi connectivity index (χ4v) is 0.402. The predicted octanol–water partition coefficient (Wildman–Crippen LogP) is 2.23. The minimum atomic E-state index is -1.99. The van der Waals surface area contributed by atoms with Gasteiger partial charge < -0.3 is 0 Å². The third-order valence-corrected chi connectivity index (χ3v) is 2.57. The minimum absolute atomic E-state index is 0.537. The van der Waals surface area contributed by atoms with Gasteiger partial charge >= 0.3 is 23.5 Å². The molecule has 0 amide bonds. The average molecular weight is 141 g/mol. The summed E-state index contributed by atoms with van der Waals surface area (Å²) in [5.74, 6) is 0. The summed E-state index contributed by atoms with van der Waals surface area (Å²) in [6.45, 7) is 0. The van der Waals surface area contributed by atoms with Crippen molar-refractivity contribution >= 4 is 23.5 Å². The van der Waals surface area contributed by atoms with Gasteiger partial charge in [0.05, 0.1) is 0 Å². The molecule has 0 heterocycles. The van der Waals surface area contributed by atoms with E-state index >= 15 is 0 Å². The van der Waals surface area contributed by atoms with Gasteiger partial charge in [-0.15, -0.1) is 0 Å². The van der Waals surface area contributed by atoms with E-state index in [2.05, 4.69) is 0 Å². The van der Waals surface area contributed by atoms with Crippen LogP contribution in [0.25, 0.3) is 0 Å². The molecule has 0 radical (unpaired) electrons. The molecule has 32 valence electrons. The van der Waals surface area contributed by atoms with Gasteiger partial charge in [-0.3, -0.25) is 0 Å². The molecule has 0 aromatic heterocycles. The Hall–Kier alpha value is 0.300. The molecule has 0 saturated heterocycles. The van der Waals surface area contributed by atoms with E-state index in [0.29, 0.717) is 0 Å². The molecule has 6 heavy (non-hydrogen) atoms. The first-order chi connectivity index (χ1) is 2.81. The fraction of sp³-hybridized carbons (Fsp3) is 0. The maximum Gasteiger partial charge on any atom is 0.534 e. The zero-order valence-corrected chi connectivity index (χ0v) is 5.25. The Balaban J connectivity index is 3.52. The predicted molar refractivity (Wildman–Crippen MR) is 22.8 cm³/mol. The van der Waals surface area contributed by atoms with Gasteiger partial charge in [0.15, 0.2) is 0 Å². The third kappa shape index (κ3) is 2.53. The summed E-state index contributed by atoms with van der Waals surface area (Å²) in [5, 5.41) is 0. The van der Waals surface area contributed by atoms with Crippen LogP contribution in [0.2, 0.25) is 0 Å². The molecule has 0 atom stereocenters. The summed E-state index contributed by atoms with van der Waals surface area (Å²) in [6.07, 6.45) is 0. The molecule has 6 heteroatoms. The summed E-state index contributed by atoms with van der Waals surface area (Å²) in [6, 6.07) is 0. The Morgan fingerprint density at radius 1 is 1.17 bits per heavy atom. The van der Waals surface area contributed by atoms with Crippen LogP contribution >= 0.6 is 23.5 Å². The summed E-state index contributed by atoms with van der Waals surface area (Å²) >= 11 is 0. The van der Waals surface area contributed by atoms with E-state index in [4.69, 9.17) is 0 Å². The zero-order chi connectivity index (χ0) is 4.99. The molecule has 0 fully saturated rings. The van der Waals surface area contributed by atoms with Crippen LogP contribution in [0.4, 0.5) is 0 Å². The second-order valence-electron chi connectivity index (χ2n) is 0.416. The van der Waals surface area contributed by atoms with Crippen molar-refractivity contribution in [2.24, 2.45) is 0 Å². The van der Waals surface area contributed by atoms with Crippen molar-refractivity contribution in [2.75, 3.05) is 0 Å². The van der Waals surface area contributed by atoms with Crippen LogP contribution in [0.15, 0.2) is 0 Å². The van der Waals surface area contributed by atoms with Crippen LogP contribution < -0.4 is 0 Å². The molecule has 0 aliphatic carbocycles. The van der Waals surface area contributed by atoms with E-state index in [-0.39, 0.29) is 0 Å². The van der Waals surface area contributed by atoms with Crippen molar-refractivity contribution in [3.63, 3.8) is 0 Å². The summed E-state index contributed by atoms with van der Waals surface area (Å²) < 4.78 is 28.4. The molecule has 0 aromatic rings. The molecule has 0 bridgehead atoms. The van der Waals surface area contributed by atoms with Crippen LogP contribution in [-0.4, -0.2) is 0 Å². The van der Waals surface area contributed by atoms with Gasteiger partial charge in [-0.1, -0.05) is 0 Å². The minimum Gasteiger partial charge on any atom is -0.213 e. The standard InChI is InChI=1S/O3P3/c1-4-6(3)5-2/q+1. The van der Waals surface area contributed by atoms with Crippen LogP contribution in [-0.2, 0) is 13.7 Å². The van der Waals surface area contributed by atoms with E-state index in [1.807, 2.05) is 0 Å². The second-order valence-corrected chi connectivity index (χ2v) is 5.35. The second kappa shape index (κ2) is 3.49. The first-order valence-electron chi connectivity index (χ1n) is 0.948. The highest BCUT2D eigenvalue weighted by atomic mass is 32.4. The molecule has 0 saturated carbocycles. The molecule has 0 unspecified atom stereocenters. The molecule has 0 N–H and O–H groups in total. The van der Waals surface area contributed by atoms with E-state index in [9.17, 15) is 13.7 Å². The lowest BCUT2D eigenvalue weighted by molar-refractivity contribution is 0.584. The largest absolute Gasteiger partial charge is 0.534 e. The Kier molecular flexibility index (Phi) is 3.66. The van der Waals surface area contributed by atoms with Crippen LogP contribution in [0, 0.1) is 0 Å². The summed E-state index contributed by atoms with van der Waals surface area (Å²) in [4.78, 5) is 0. The maximum atomic E-state index is 9.68. The first kappa shape index (κ1) is 6.30. The topological polar surface area (TPSA) is 51.2 Å². The van der Waals surface area contributed by atoms with E-state index in [1.165, 1.54) is 0 Å². The van der Waals surface area contributed by atoms with Crippen LogP contribution in [0.3, 0.4) is 0 Å². The molecular weight excluding hydrogens is 141 g/mol. The lowest BCUT2D eigenvalue weighted by atomic mass is 16.0. The summed E-state index contributed by atoms with van der Waals surface area (Å²) in [7, 11) is -3.07.